The van der Waals surface area contributed by atoms with Gasteiger partial charge in [0.2, 0.25) is 0 Å². The molecule has 0 heterocycles. The van der Waals surface area contributed by atoms with E-state index in [1.807, 2.05) is 0 Å². The second-order valence-electron chi connectivity index (χ2n) is 19.2. The van der Waals surface area contributed by atoms with Gasteiger partial charge in [-0.05, 0) is 123 Å². The van der Waals surface area contributed by atoms with Crippen LogP contribution in [0.2, 0.25) is 0 Å². The predicted molar refractivity (Wildman–Crippen MR) is 203 cm³/mol. The van der Waals surface area contributed by atoms with Crippen LogP contribution in [0.3, 0.4) is 0 Å². The Kier molecular flexibility index (Phi) is 21.8. The minimum atomic E-state index is -1.05. The number of hydrogen-bond acceptors (Lipinski definition) is 5. The van der Waals surface area contributed by atoms with Gasteiger partial charge in [-0.3, -0.25) is 0 Å². The molecule has 284 valence electrons. The lowest BCUT2D eigenvalue weighted by atomic mass is 9.92. The summed E-state index contributed by atoms with van der Waals surface area (Å²) in [5.74, 6) is -0.601. The van der Waals surface area contributed by atoms with E-state index < -0.39 is 5.97 Å². The van der Waals surface area contributed by atoms with Gasteiger partial charge in [-0.1, -0.05) is 96.8 Å². The van der Waals surface area contributed by atoms with E-state index in [0.717, 1.165) is 19.3 Å². The van der Waals surface area contributed by atoms with E-state index in [1.54, 1.807) is 0 Å². The normalized spacial score (nSPS) is 14.7. The molecule has 1 unspecified atom stereocenters. The third kappa shape index (κ3) is 29.3. The molecule has 0 spiro atoms. The van der Waals surface area contributed by atoms with Crippen molar-refractivity contribution in [2.24, 2.45) is 5.92 Å². The molecule has 0 saturated carbocycles. The molecule has 0 amide bonds. The first-order chi connectivity index (χ1) is 21.4. The lowest BCUT2D eigenvalue weighted by Crippen LogP contribution is -2.52. The van der Waals surface area contributed by atoms with E-state index in [2.05, 4.69) is 111 Å². The number of ether oxygens (including phenoxy) is 5. The Bertz CT molecular complexity index is 700. The van der Waals surface area contributed by atoms with E-state index in [4.69, 9.17) is 23.7 Å². The highest BCUT2D eigenvalue weighted by Crippen LogP contribution is 2.36. The maximum atomic E-state index is 6.57. The quantitative estimate of drug-likeness (QED) is 0.0714. The van der Waals surface area contributed by atoms with Gasteiger partial charge in [0.25, 0.3) is 5.97 Å². The van der Waals surface area contributed by atoms with Gasteiger partial charge >= 0.3 is 0 Å². The molecule has 0 aliphatic rings. The second kappa shape index (κ2) is 21.9. The van der Waals surface area contributed by atoms with Crippen molar-refractivity contribution >= 4 is 0 Å². The van der Waals surface area contributed by atoms with Crippen LogP contribution in [0, 0.1) is 5.92 Å². The highest BCUT2D eigenvalue weighted by Gasteiger charge is 2.44. The topological polar surface area (TPSA) is 46.2 Å². The van der Waals surface area contributed by atoms with Crippen molar-refractivity contribution in [3.63, 3.8) is 0 Å². The minimum Gasteiger partial charge on any atom is -0.347 e. The third-order valence-electron chi connectivity index (χ3n) is 7.70. The van der Waals surface area contributed by atoms with Gasteiger partial charge in [0.05, 0.1) is 28.0 Å². The molecule has 0 aromatic carbocycles. The molecular weight excluding hydrogens is 584 g/mol. The van der Waals surface area contributed by atoms with E-state index >= 15 is 0 Å². The van der Waals surface area contributed by atoms with E-state index in [1.165, 1.54) is 96.3 Å². The zero-order valence-corrected chi connectivity index (χ0v) is 34.9. The van der Waals surface area contributed by atoms with Gasteiger partial charge in [0.1, 0.15) is 0 Å². The summed E-state index contributed by atoms with van der Waals surface area (Å²) < 4.78 is 32.7. The van der Waals surface area contributed by atoms with Crippen LogP contribution in [-0.2, 0) is 23.7 Å². The van der Waals surface area contributed by atoms with Crippen molar-refractivity contribution in [2.75, 3.05) is 0 Å². The van der Waals surface area contributed by atoms with Crippen LogP contribution in [0.1, 0.15) is 226 Å². The summed E-state index contributed by atoms with van der Waals surface area (Å²) >= 11 is 0. The molecule has 0 saturated heterocycles. The largest absolute Gasteiger partial charge is 0.347 e. The van der Waals surface area contributed by atoms with Crippen molar-refractivity contribution < 1.29 is 23.7 Å². The smallest absolute Gasteiger partial charge is 0.284 e. The van der Waals surface area contributed by atoms with Crippen LogP contribution in [0.15, 0.2) is 0 Å². The predicted octanol–water partition coefficient (Wildman–Crippen LogP) is 13.7. The molecule has 5 heteroatoms. The van der Waals surface area contributed by atoms with Crippen molar-refractivity contribution in [1.82, 2.24) is 0 Å². The molecule has 0 fully saturated rings. The SMILES string of the molecule is CCCCCCCCCC(CCCCCCCCCCC(OC(C)(C)C)(OC(C)(C)C)OC(C)(C)C)C(OC(C)(C)C)OC(C)(C)C. The summed E-state index contributed by atoms with van der Waals surface area (Å²) in [5, 5.41) is 0. The summed E-state index contributed by atoms with van der Waals surface area (Å²) in [7, 11) is 0. The summed E-state index contributed by atoms with van der Waals surface area (Å²) in [6, 6.07) is 0. The zero-order valence-electron chi connectivity index (χ0n) is 34.9. The Morgan fingerprint density at radius 3 is 0.957 bits per heavy atom. The van der Waals surface area contributed by atoms with Crippen molar-refractivity contribution in [3.8, 4) is 0 Å². The van der Waals surface area contributed by atoms with Gasteiger partial charge in [0, 0.05) is 12.3 Å². The maximum Gasteiger partial charge on any atom is 0.284 e. The van der Waals surface area contributed by atoms with Crippen LogP contribution in [-0.4, -0.2) is 40.3 Å². The number of rotatable bonds is 25. The summed E-state index contributed by atoms with van der Waals surface area (Å²) in [6.45, 7) is 33.9. The molecule has 0 aromatic rings. The second-order valence-corrected chi connectivity index (χ2v) is 19.2. The number of hydrogen-bond donors (Lipinski definition) is 0. The fraction of sp³-hybridized carbons (Fsp3) is 1.00. The van der Waals surface area contributed by atoms with Crippen molar-refractivity contribution in [3.05, 3.63) is 0 Å². The Labute approximate surface area is 295 Å². The Morgan fingerprint density at radius 2 is 0.660 bits per heavy atom. The van der Waals surface area contributed by atoms with Gasteiger partial charge in [-0.2, -0.15) is 0 Å². The molecule has 0 N–H and O–H groups in total. The Morgan fingerprint density at radius 1 is 0.362 bits per heavy atom. The summed E-state index contributed by atoms with van der Waals surface area (Å²) in [6.07, 6.45) is 22.2. The molecule has 0 rings (SSSR count). The molecule has 0 bridgehead atoms. The molecule has 0 aliphatic heterocycles. The van der Waals surface area contributed by atoms with Crippen LogP contribution in [0.5, 0.6) is 0 Å². The van der Waals surface area contributed by atoms with Crippen LogP contribution < -0.4 is 0 Å². The maximum absolute atomic E-state index is 6.57. The van der Waals surface area contributed by atoms with Gasteiger partial charge in [-0.15, -0.1) is 0 Å². The van der Waals surface area contributed by atoms with Crippen molar-refractivity contribution in [2.45, 2.75) is 267 Å². The van der Waals surface area contributed by atoms with Crippen LogP contribution in [0.4, 0.5) is 0 Å². The van der Waals surface area contributed by atoms with E-state index in [9.17, 15) is 0 Å². The first-order valence-corrected chi connectivity index (χ1v) is 19.8. The first-order valence-electron chi connectivity index (χ1n) is 19.8. The fourth-order valence-electron chi connectivity index (χ4n) is 6.12. The van der Waals surface area contributed by atoms with Gasteiger partial charge in [0.15, 0.2) is 6.29 Å². The molecule has 0 radical (unpaired) electrons. The standard InChI is InChI=1S/C42H86O5/c1-17-18-19-20-23-26-29-32-35(36(43-37(2,3)4)44-38(5,6)7)33-30-27-24-21-22-25-28-31-34-42(45-39(8,9)10,46-40(11,12)13)47-41(14,15)16/h35-36H,17-34H2,1-16H3. The molecule has 0 aromatic heterocycles. The lowest BCUT2D eigenvalue weighted by molar-refractivity contribution is -0.449. The summed E-state index contributed by atoms with van der Waals surface area (Å²) in [5.41, 5.74) is -1.56. The average molecular weight is 671 g/mol. The highest BCUT2D eigenvalue weighted by atomic mass is 16.9. The molecular formula is C42H86O5. The molecule has 1 atom stereocenters. The molecule has 47 heavy (non-hydrogen) atoms. The Hall–Kier alpha value is -0.200. The molecule has 0 aliphatic carbocycles. The summed E-state index contributed by atoms with van der Waals surface area (Å²) in [4.78, 5) is 0. The average Bonchev–Trinajstić information content (AvgIpc) is 2.82. The lowest BCUT2D eigenvalue weighted by Gasteiger charge is -2.45. The van der Waals surface area contributed by atoms with Crippen LogP contribution in [0.25, 0.3) is 0 Å². The monoisotopic (exact) mass is 671 g/mol. The minimum absolute atomic E-state index is 0.144. The number of unbranched alkanes of at least 4 members (excludes halogenated alkanes) is 13. The van der Waals surface area contributed by atoms with Crippen molar-refractivity contribution in [1.29, 1.82) is 0 Å². The van der Waals surface area contributed by atoms with Gasteiger partial charge in [-0.25, -0.2) is 0 Å². The Balaban J connectivity index is 4.91. The fourth-order valence-corrected chi connectivity index (χ4v) is 6.12. The zero-order chi connectivity index (χ0) is 36.4. The van der Waals surface area contributed by atoms with Gasteiger partial charge < -0.3 is 23.7 Å². The third-order valence-corrected chi connectivity index (χ3v) is 7.70. The highest BCUT2D eigenvalue weighted by molar-refractivity contribution is 4.76. The first kappa shape index (κ1) is 46.8. The van der Waals surface area contributed by atoms with Crippen LogP contribution >= 0.6 is 0 Å². The van der Waals surface area contributed by atoms with E-state index in [-0.39, 0.29) is 34.3 Å². The molecule has 5 nitrogen and oxygen atoms in total. The van der Waals surface area contributed by atoms with E-state index in [0.29, 0.717) is 5.92 Å².